The van der Waals surface area contributed by atoms with Crippen molar-refractivity contribution < 1.29 is 4.39 Å². The highest BCUT2D eigenvalue weighted by Crippen LogP contribution is 2.14. The Labute approximate surface area is 182 Å². The van der Waals surface area contributed by atoms with E-state index in [1.807, 2.05) is 24.3 Å². The molecule has 0 spiro atoms. The largest absolute Gasteiger partial charge is 0.352 e. The van der Waals surface area contributed by atoms with Crippen molar-refractivity contribution in [2.45, 2.75) is 13.1 Å². The molecule has 5 aromatic rings. The summed E-state index contributed by atoms with van der Waals surface area (Å²) in [5.74, 6) is -0.159. The van der Waals surface area contributed by atoms with Crippen LogP contribution in [0.1, 0.15) is 11.1 Å². The fourth-order valence-electron chi connectivity index (χ4n) is 3.57. The molecule has 0 saturated heterocycles. The van der Waals surface area contributed by atoms with Crippen LogP contribution in [0.4, 0.5) is 4.39 Å². The molecular formula is C21H16BrFN6O2. The van der Waals surface area contributed by atoms with Crippen LogP contribution in [0.5, 0.6) is 0 Å². The molecule has 5 rings (SSSR count). The van der Waals surface area contributed by atoms with Crippen molar-refractivity contribution in [1.29, 1.82) is 0 Å². The Hall–Kier alpha value is -3.53. The molecule has 0 radical (unpaired) electrons. The van der Waals surface area contributed by atoms with Gasteiger partial charge in [-0.1, -0.05) is 40.2 Å². The number of nitrogens with zero attached hydrogens (tertiary/aromatic N) is 6. The smallest absolute Gasteiger partial charge is 0.273 e. The summed E-state index contributed by atoms with van der Waals surface area (Å²) in [6.45, 7) is 0.379. The lowest BCUT2D eigenvalue weighted by Crippen LogP contribution is -2.26. The van der Waals surface area contributed by atoms with Gasteiger partial charge < -0.3 is 0 Å². The zero-order valence-corrected chi connectivity index (χ0v) is 18.0. The van der Waals surface area contributed by atoms with E-state index in [2.05, 4.69) is 26.1 Å². The van der Waals surface area contributed by atoms with Crippen LogP contribution < -0.4 is 11.2 Å². The lowest BCUT2D eigenvalue weighted by Gasteiger charge is -2.07. The zero-order valence-electron chi connectivity index (χ0n) is 16.4. The molecule has 0 saturated carbocycles. The van der Waals surface area contributed by atoms with Gasteiger partial charge in [0.2, 0.25) is 5.78 Å². The molecule has 156 valence electrons. The molecule has 0 N–H and O–H groups in total. The SMILES string of the molecule is Cn1cc2c(n1)c(=O)n(Cc1ccc(F)cc1)c1nn(Cc3ccc(Br)cc3)c(=O)n21. The second kappa shape index (κ2) is 7.31. The van der Waals surface area contributed by atoms with Crippen LogP contribution in [-0.4, -0.2) is 28.5 Å². The van der Waals surface area contributed by atoms with Gasteiger partial charge in [-0.05, 0) is 35.4 Å². The van der Waals surface area contributed by atoms with Gasteiger partial charge in [-0.25, -0.2) is 18.3 Å². The molecule has 0 aliphatic rings. The molecule has 0 fully saturated rings. The summed E-state index contributed by atoms with van der Waals surface area (Å²) in [6, 6.07) is 13.4. The van der Waals surface area contributed by atoms with Crippen LogP contribution >= 0.6 is 15.9 Å². The maximum absolute atomic E-state index is 13.3. The van der Waals surface area contributed by atoms with Gasteiger partial charge in [0, 0.05) is 17.7 Å². The number of halogens is 2. The van der Waals surface area contributed by atoms with E-state index in [1.54, 1.807) is 25.4 Å². The van der Waals surface area contributed by atoms with Crippen molar-refractivity contribution in [2.24, 2.45) is 7.05 Å². The summed E-state index contributed by atoms with van der Waals surface area (Å²) in [7, 11) is 1.69. The normalized spacial score (nSPS) is 11.6. The molecule has 3 aromatic heterocycles. The number of rotatable bonds is 4. The Morgan fingerprint density at radius 2 is 1.58 bits per heavy atom. The fourth-order valence-corrected chi connectivity index (χ4v) is 3.84. The van der Waals surface area contributed by atoms with Crippen LogP contribution in [0.25, 0.3) is 16.8 Å². The molecule has 0 aliphatic carbocycles. The van der Waals surface area contributed by atoms with Crippen molar-refractivity contribution in [3.63, 3.8) is 0 Å². The average Bonchev–Trinajstić information content (AvgIpc) is 3.28. The number of aromatic nitrogens is 6. The molecule has 31 heavy (non-hydrogen) atoms. The van der Waals surface area contributed by atoms with Crippen LogP contribution in [0.2, 0.25) is 0 Å². The number of fused-ring (bicyclic) bond motifs is 3. The van der Waals surface area contributed by atoms with Crippen LogP contribution in [0, 0.1) is 5.82 Å². The predicted octanol–water partition coefficient (Wildman–Crippen LogP) is 2.54. The van der Waals surface area contributed by atoms with Gasteiger partial charge in [0.25, 0.3) is 5.56 Å². The molecular weight excluding hydrogens is 467 g/mol. The topological polar surface area (TPSA) is 79.1 Å². The summed E-state index contributed by atoms with van der Waals surface area (Å²) >= 11 is 3.40. The first-order valence-corrected chi connectivity index (χ1v) is 10.2. The Balaban J connectivity index is 1.73. The minimum atomic E-state index is -0.372. The minimum Gasteiger partial charge on any atom is -0.273 e. The highest BCUT2D eigenvalue weighted by atomic mass is 79.9. The lowest BCUT2D eigenvalue weighted by molar-refractivity contribution is 0.626. The monoisotopic (exact) mass is 482 g/mol. The van der Waals surface area contributed by atoms with Gasteiger partial charge in [-0.15, -0.1) is 5.10 Å². The first-order valence-electron chi connectivity index (χ1n) is 9.45. The van der Waals surface area contributed by atoms with Crippen LogP contribution in [0.3, 0.4) is 0 Å². The van der Waals surface area contributed by atoms with Crippen LogP contribution in [-0.2, 0) is 20.1 Å². The van der Waals surface area contributed by atoms with Gasteiger partial charge in [0.15, 0.2) is 5.52 Å². The zero-order chi connectivity index (χ0) is 21.7. The van der Waals surface area contributed by atoms with E-state index in [0.29, 0.717) is 11.1 Å². The highest BCUT2D eigenvalue weighted by molar-refractivity contribution is 9.10. The molecule has 10 heteroatoms. The molecule has 8 nitrogen and oxygen atoms in total. The van der Waals surface area contributed by atoms with Crippen molar-refractivity contribution in [1.82, 2.24) is 28.5 Å². The second-order valence-electron chi connectivity index (χ2n) is 7.26. The summed E-state index contributed by atoms with van der Waals surface area (Å²) in [5, 5.41) is 8.72. The molecule has 3 heterocycles. The van der Waals surface area contributed by atoms with Gasteiger partial charge >= 0.3 is 5.69 Å². The summed E-state index contributed by atoms with van der Waals surface area (Å²) < 4.78 is 19.8. The third-order valence-electron chi connectivity index (χ3n) is 5.06. The summed E-state index contributed by atoms with van der Waals surface area (Å²) in [5.41, 5.74) is 1.42. The van der Waals surface area contributed by atoms with Gasteiger partial charge in [-0.3, -0.25) is 14.0 Å². The number of benzene rings is 2. The Morgan fingerprint density at radius 1 is 0.935 bits per heavy atom. The fraction of sp³-hybridized carbons (Fsp3) is 0.143. The molecule has 0 atom stereocenters. The molecule has 0 aliphatic heterocycles. The van der Waals surface area contributed by atoms with Gasteiger partial charge in [0.05, 0.1) is 13.1 Å². The van der Waals surface area contributed by atoms with Crippen LogP contribution in [0.15, 0.2) is 68.8 Å². The van der Waals surface area contributed by atoms with Crippen molar-refractivity contribution in [2.75, 3.05) is 0 Å². The van der Waals surface area contributed by atoms with E-state index in [9.17, 15) is 14.0 Å². The summed E-state index contributed by atoms with van der Waals surface area (Å²) in [6.07, 6.45) is 1.62. The average molecular weight is 483 g/mol. The first kappa shape index (κ1) is 19.4. The first-order chi connectivity index (χ1) is 14.9. The lowest BCUT2D eigenvalue weighted by atomic mass is 10.2. The van der Waals surface area contributed by atoms with Crippen molar-refractivity contribution >= 4 is 32.7 Å². The second-order valence-corrected chi connectivity index (χ2v) is 8.17. The molecule has 0 unspecified atom stereocenters. The number of hydrogen-bond acceptors (Lipinski definition) is 4. The number of aryl methyl sites for hydroxylation is 1. The Bertz CT molecular complexity index is 1540. The van der Waals surface area contributed by atoms with Gasteiger partial charge in [-0.2, -0.15) is 5.10 Å². The van der Waals surface area contributed by atoms with E-state index in [0.717, 1.165) is 10.0 Å². The molecule has 0 bridgehead atoms. The molecule has 2 aromatic carbocycles. The third-order valence-corrected chi connectivity index (χ3v) is 5.59. The summed E-state index contributed by atoms with van der Waals surface area (Å²) in [4.78, 5) is 26.4. The standard InChI is InChI=1S/C21H16BrFN6O2/c1-26-12-17-18(24-26)19(30)27(10-13-4-8-16(23)9-5-13)20-25-28(21(31)29(17)20)11-14-2-6-15(22)7-3-14/h2-9,12H,10-11H2,1H3. The Morgan fingerprint density at radius 3 is 2.29 bits per heavy atom. The minimum absolute atomic E-state index is 0.129. The quantitative estimate of drug-likeness (QED) is 0.394. The highest BCUT2D eigenvalue weighted by Gasteiger charge is 2.20. The third kappa shape index (κ3) is 3.38. The Kier molecular flexibility index (Phi) is 4.58. The van der Waals surface area contributed by atoms with E-state index >= 15 is 0 Å². The van der Waals surface area contributed by atoms with Crippen molar-refractivity contribution in [3.8, 4) is 0 Å². The van der Waals surface area contributed by atoms with E-state index < -0.39 is 0 Å². The van der Waals surface area contributed by atoms with E-state index in [4.69, 9.17) is 0 Å². The molecule has 0 amide bonds. The maximum atomic E-state index is 13.3. The van der Waals surface area contributed by atoms with Gasteiger partial charge in [0.1, 0.15) is 11.3 Å². The number of hydrogen-bond donors (Lipinski definition) is 0. The van der Waals surface area contributed by atoms with E-state index in [1.165, 1.54) is 30.5 Å². The maximum Gasteiger partial charge on any atom is 0.352 e. The van der Waals surface area contributed by atoms with E-state index in [-0.39, 0.29) is 41.5 Å². The predicted molar refractivity (Wildman–Crippen MR) is 117 cm³/mol. The van der Waals surface area contributed by atoms with Crippen molar-refractivity contribution in [3.05, 3.63) is 97.0 Å².